The molecule has 2 rings (SSSR count). The fraction of sp³-hybridized carbons (Fsp3) is 0.462. The lowest BCUT2D eigenvalue weighted by atomic mass is 9.88. The average Bonchev–Trinajstić information content (AvgIpc) is 2.33. The van der Waals surface area contributed by atoms with Crippen molar-refractivity contribution in [3.8, 4) is 0 Å². The van der Waals surface area contributed by atoms with Crippen LogP contribution in [0.1, 0.15) is 18.4 Å². The molecule has 4 nitrogen and oxygen atoms in total. The summed E-state index contributed by atoms with van der Waals surface area (Å²) in [7, 11) is 0. The van der Waals surface area contributed by atoms with Crippen molar-refractivity contribution >= 4 is 23.3 Å². The summed E-state index contributed by atoms with van der Waals surface area (Å²) in [6, 6.07) is 5.75. The third kappa shape index (κ3) is 2.44. The van der Waals surface area contributed by atoms with Gasteiger partial charge in [0.2, 0.25) is 0 Å². The van der Waals surface area contributed by atoms with Crippen molar-refractivity contribution in [1.29, 1.82) is 0 Å². The van der Waals surface area contributed by atoms with Crippen molar-refractivity contribution in [2.24, 2.45) is 5.73 Å². The molecule has 18 heavy (non-hydrogen) atoms. The standard InChI is InChI=1S/C13H17ClN2O2/c1-9-2-3-10(14)8-11(9)16-6-4-13(15,5-7-16)12(17)18/h2-3,8H,4-7,15H2,1H3,(H,17,18). The van der Waals surface area contributed by atoms with Crippen molar-refractivity contribution in [3.63, 3.8) is 0 Å². The highest BCUT2D eigenvalue weighted by molar-refractivity contribution is 6.30. The number of nitrogens with two attached hydrogens (primary N) is 1. The highest BCUT2D eigenvalue weighted by Crippen LogP contribution is 2.29. The lowest BCUT2D eigenvalue weighted by Gasteiger charge is -2.38. The highest BCUT2D eigenvalue weighted by atomic mass is 35.5. The molecule has 0 unspecified atom stereocenters. The Morgan fingerprint density at radius 2 is 2.06 bits per heavy atom. The summed E-state index contributed by atoms with van der Waals surface area (Å²) < 4.78 is 0. The predicted molar refractivity (Wildman–Crippen MR) is 72.2 cm³/mol. The number of anilines is 1. The van der Waals surface area contributed by atoms with Gasteiger partial charge in [0, 0.05) is 23.8 Å². The molecule has 0 aromatic heterocycles. The molecular weight excluding hydrogens is 252 g/mol. The molecule has 5 heteroatoms. The molecule has 1 heterocycles. The predicted octanol–water partition coefficient (Wildman–Crippen LogP) is 2.03. The highest BCUT2D eigenvalue weighted by Gasteiger charge is 2.37. The van der Waals surface area contributed by atoms with Gasteiger partial charge in [-0.15, -0.1) is 0 Å². The smallest absolute Gasteiger partial charge is 0.323 e. The minimum absolute atomic E-state index is 0.453. The summed E-state index contributed by atoms with van der Waals surface area (Å²) in [5, 5.41) is 9.78. The summed E-state index contributed by atoms with van der Waals surface area (Å²) >= 11 is 6.00. The molecule has 0 atom stereocenters. The molecule has 1 aliphatic heterocycles. The van der Waals surface area contributed by atoms with Gasteiger partial charge in [-0.2, -0.15) is 0 Å². The molecule has 0 radical (unpaired) electrons. The molecule has 1 aromatic rings. The Labute approximate surface area is 111 Å². The van der Waals surface area contributed by atoms with E-state index in [-0.39, 0.29) is 0 Å². The number of nitrogens with zero attached hydrogens (tertiary/aromatic N) is 1. The zero-order chi connectivity index (χ0) is 13.3. The van der Waals surface area contributed by atoms with E-state index < -0.39 is 11.5 Å². The maximum atomic E-state index is 11.1. The van der Waals surface area contributed by atoms with Crippen LogP contribution in [0.5, 0.6) is 0 Å². The van der Waals surface area contributed by atoms with E-state index in [4.69, 9.17) is 22.4 Å². The maximum Gasteiger partial charge on any atom is 0.323 e. The quantitative estimate of drug-likeness (QED) is 0.861. The number of aryl methyl sites for hydroxylation is 1. The van der Waals surface area contributed by atoms with Crippen LogP contribution in [0, 0.1) is 6.92 Å². The van der Waals surface area contributed by atoms with Crippen LogP contribution in [0.2, 0.25) is 5.02 Å². The van der Waals surface area contributed by atoms with Crippen LogP contribution in [0.25, 0.3) is 0 Å². The third-order valence-electron chi connectivity index (χ3n) is 3.59. The zero-order valence-corrected chi connectivity index (χ0v) is 11.1. The van der Waals surface area contributed by atoms with Crippen LogP contribution in [0.3, 0.4) is 0 Å². The molecule has 0 spiro atoms. The van der Waals surface area contributed by atoms with Crippen LogP contribution >= 0.6 is 11.6 Å². The van der Waals surface area contributed by atoms with Crippen molar-refractivity contribution in [3.05, 3.63) is 28.8 Å². The molecule has 98 valence electrons. The fourth-order valence-electron chi connectivity index (χ4n) is 2.28. The second-order valence-corrected chi connectivity index (χ2v) is 5.32. The topological polar surface area (TPSA) is 66.6 Å². The molecule has 1 aliphatic rings. The molecule has 3 N–H and O–H groups in total. The van der Waals surface area contributed by atoms with Gasteiger partial charge in [0.05, 0.1) is 0 Å². The fourth-order valence-corrected chi connectivity index (χ4v) is 2.45. The number of hydrogen-bond acceptors (Lipinski definition) is 3. The Bertz CT molecular complexity index is 468. The Hall–Kier alpha value is -1.26. The minimum atomic E-state index is -1.08. The number of rotatable bonds is 2. The average molecular weight is 269 g/mol. The van der Waals surface area contributed by atoms with Gasteiger partial charge in [-0.05, 0) is 37.5 Å². The first kappa shape index (κ1) is 13.2. The van der Waals surface area contributed by atoms with Crippen LogP contribution < -0.4 is 10.6 Å². The molecule has 0 saturated carbocycles. The van der Waals surface area contributed by atoms with E-state index in [1.54, 1.807) is 0 Å². The SMILES string of the molecule is Cc1ccc(Cl)cc1N1CCC(N)(C(=O)O)CC1. The van der Waals surface area contributed by atoms with E-state index in [0.29, 0.717) is 31.0 Å². The number of aliphatic carboxylic acids is 1. The van der Waals surface area contributed by atoms with Crippen molar-refractivity contribution in [1.82, 2.24) is 0 Å². The summed E-state index contributed by atoms with van der Waals surface area (Å²) in [5.41, 5.74) is 6.98. The van der Waals surface area contributed by atoms with Crippen molar-refractivity contribution < 1.29 is 9.90 Å². The van der Waals surface area contributed by atoms with Crippen LogP contribution in [-0.4, -0.2) is 29.7 Å². The zero-order valence-electron chi connectivity index (χ0n) is 10.3. The van der Waals surface area contributed by atoms with Gasteiger partial charge in [-0.1, -0.05) is 17.7 Å². The molecule has 1 aromatic carbocycles. The first-order valence-corrected chi connectivity index (χ1v) is 6.33. The second kappa shape index (κ2) is 4.78. The number of carboxylic acid groups (broad SMARTS) is 1. The Morgan fingerprint density at radius 1 is 1.44 bits per heavy atom. The van der Waals surface area contributed by atoms with E-state index in [2.05, 4.69) is 4.90 Å². The summed E-state index contributed by atoms with van der Waals surface area (Å²) in [6.07, 6.45) is 0.905. The maximum absolute atomic E-state index is 11.1. The molecule has 0 aliphatic carbocycles. The van der Waals surface area contributed by atoms with E-state index in [1.165, 1.54) is 0 Å². The molecular formula is C13H17ClN2O2. The number of halogens is 1. The third-order valence-corrected chi connectivity index (χ3v) is 3.83. The normalized spacial score (nSPS) is 18.7. The van der Waals surface area contributed by atoms with Gasteiger partial charge in [-0.3, -0.25) is 4.79 Å². The molecule has 1 saturated heterocycles. The van der Waals surface area contributed by atoms with Gasteiger partial charge in [-0.25, -0.2) is 0 Å². The van der Waals surface area contributed by atoms with Gasteiger partial charge in [0.25, 0.3) is 0 Å². The molecule has 0 amide bonds. The Morgan fingerprint density at radius 3 is 2.61 bits per heavy atom. The van der Waals surface area contributed by atoms with Gasteiger partial charge >= 0.3 is 5.97 Å². The van der Waals surface area contributed by atoms with Crippen LogP contribution in [0.15, 0.2) is 18.2 Å². The van der Waals surface area contributed by atoms with Gasteiger partial charge in [0.1, 0.15) is 5.54 Å². The first-order valence-electron chi connectivity index (χ1n) is 5.96. The number of hydrogen-bond donors (Lipinski definition) is 2. The van der Waals surface area contributed by atoms with E-state index in [1.807, 2.05) is 25.1 Å². The van der Waals surface area contributed by atoms with E-state index in [9.17, 15) is 4.79 Å². The molecule has 0 bridgehead atoms. The van der Waals surface area contributed by atoms with Crippen LogP contribution in [0.4, 0.5) is 5.69 Å². The second-order valence-electron chi connectivity index (χ2n) is 4.88. The summed E-state index contributed by atoms with van der Waals surface area (Å²) in [4.78, 5) is 13.2. The number of piperidine rings is 1. The lowest BCUT2D eigenvalue weighted by Crippen LogP contribution is -2.55. The minimum Gasteiger partial charge on any atom is -0.480 e. The number of benzene rings is 1. The van der Waals surface area contributed by atoms with E-state index >= 15 is 0 Å². The molecule has 1 fully saturated rings. The number of carbonyl (C=O) groups is 1. The van der Waals surface area contributed by atoms with E-state index in [0.717, 1.165) is 11.3 Å². The summed E-state index contributed by atoms with van der Waals surface area (Å²) in [6.45, 7) is 3.31. The first-order chi connectivity index (χ1) is 8.42. The number of carboxylic acids is 1. The Kier molecular flexibility index (Phi) is 3.50. The monoisotopic (exact) mass is 268 g/mol. The Balaban J connectivity index is 2.15. The van der Waals surface area contributed by atoms with Crippen molar-refractivity contribution in [2.45, 2.75) is 25.3 Å². The van der Waals surface area contributed by atoms with Crippen molar-refractivity contribution in [2.75, 3.05) is 18.0 Å². The van der Waals surface area contributed by atoms with Gasteiger partial charge in [0.15, 0.2) is 0 Å². The lowest BCUT2D eigenvalue weighted by molar-refractivity contribution is -0.144. The largest absolute Gasteiger partial charge is 0.480 e. The summed E-state index contributed by atoms with van der Waals surface area (Å²) in [5.74, 6) is -0.912. The van der Waals surface area contributed by atoms with Gasteiger partial charge < -0.3 is 15.7 Å². The van der Waals surface area contributed by atoms with Crippen LogP contribution in [-0.2, 0) is 4.79 Å².